The van der Waals surface area contributed by atoms with Crippen LogP contribution in [-0.2, 0) is 0 Å². The van der Waals surface area contributed by atoms with Crippen LogP contribution >= 0.6 is 11.3 Å². The van der Waals surface area contributed by atoms with E-state index in [-0.39, 0.29) is 0 Å². The Labute approximate surface area is 332 Å². The Balaban J connectivity index is 1.16. The standard InChI is InChI=1S/C54H37NS/c1-3-17-38(18-4-1)43-21-7-8-22-44(43)40-31-33-41(34-32-40)55(42-35-36-54-51(37-42)50-28-14-16-30-53(50)56-54)52-29-15-13-27-49(52)48-26-12-11-25-47(48)46-24-10-9-23-45(46)39-19-5-2-6-20-39/h1-37H. The molecule has 0 saturated heterocycles. The van der Waals surface area contributed by atoms with E-state index in [1.54, 1.807) is 0 Å². The van der Waals surface area contributed by atoms with Gasteiger partial charge in [0, 0.05) is 37.1 Å². The summed E-state index contributed by atoms with van der Waals surface area (Å²) in [6.45, 7) is 0. The molecule has 10 rings (SSSR count). The number of rotatable bonds is 8. The minimum absolute atomic E-state index is 1.10. The molecule has 56 heavy (non-hydrogen) atoms. The summed E-state index contributed by atoms with van der Waals surface area (Å²) >= 11 is 1.85. The molecule has 0 unspecified atom stereocenters. The lowest BCUT2D eigenvalue weighted by Crippen LogP contribution is -2.11. The van der Waals surface area contributed by atoms with Crippen molar-refractivity contribution in [3.8, 4) is 55.6 Å². The topological polar surface area (TPSA) is 3.24 Å². The van der Waals surface area contributed by atoms with Gasteiger partial charge in [-0.1, -0.05) is 182 Å². The molecule has 0 radical (unpaired) electrons. The maximum absolute atomic E-state index is 2.44. The number of thiophene rings is 1. The summed E-state index contributed by atoms with van der Waals surface area (Å²) in [5, 5.41) is 2.56. The van der Waals surface area contributed by atoms with Gasteiger partial charge >= 0.3 is 0 Å². The number of para-hydroxylation sites is 1. The van der Waals surface area contributed by atoms with Gasteiger partial charge in [0.15, 0.2) is 0 Å². The normalized spacial score (nSPS) is 11.2. The lowest BCUT2D eigenvalue weighted by atomic mass is 9.88. The van der Waals surface area contributed by atoms with Crippen molar-refractivity contribution in [1.82, 2.24) is 0 Å². The van der Waals surface area contributed by atoms with Crippen molar-refractivity contribution in [2.75, 3.05) is 4.90 Å². The molecular formula is C54H37NS. The van der Waals surface area contributed by atoms with Crippen molar-refractivity contribution in [3.05, 3.63) is 224 Å². The van der Waals surface area contributed by atoms with Gasteiger partial charge in [0.25, 0.3) is 0 Å². The van der Waals surface area contributed by atoms with Gasteiger partial charge in [-0.25, -0.2) is 0 Å². The third-order valence-corrected chi connectivity index (χ3v) is 11.9. The maximum atomic E-state index is 2.44. The largest absolute Gasteiger partial charge is 0.310 e. The van der Waals surface area contributed by atoms with E-state index in [2.05, 4.69) is 229 Å². The summed E-state index contributed by atoms with van der Waals surface area (Å²) in [6.07, 6.45) is 0. The SMILES string of the molecule is c1ccc(-c2ccccc2-c2ccc(N(c3ccc4sc5ccccc5c4c3)c3ccccc3-c3ccccc3-c3ccccc3-c3ccccc3)cc2)cc1. The van der Waals surface area contributed by atoms with Gasteiger partial charge in [0.05, 0.1) is 5.69 Å². The predicted octanol–water partition coefficient (Wildman–Crippen LogP) is 15.9. The van der Waals surface area contributed by atoms with Gasteiger partial charge in [-0.3, -0.25) is 0 Å². The van der Waals surface area contributed by atoms with Crippen LogP contribution in [0.1, 0.15) is 0 Å². The summed E-state index contributed by atoms with van der Waals surface area (Å²) in [5.41, 5.74) is 15.4. The van der Waals surface area contributed by atoms with Crippen molar-refractivity contribution in [2.45, 2.75) is 0 Å². The van der Waals surface area contributed by atoms with Crippen molar-refractivity contribution >= 4 is 48.6 Å². The molecule has 0 spiro atoms. The zero-order valence-corrected chi connectivity index (χ0v) is 31.5. The Morgan fingerprint density at radius 1 is 0.268 bits per heavy atom. The van der Waals surface area contributed by atoms with Crippen LogP contribution in [0.4, 0.5) is 17.1 Å². The highest BCUT2D eigenvalue weighted by molar-refractivity contribution is 7.25. The van der Waals surface area contributed by atoms with E-state index in [4.69, 9.17) is 0 Å². The molecule has 0 amide bonds. The van der Waals surface area contributed by atoms with Crippen molar-refractivity contribution in [3.63, 3.8) is 0 Å². The lowest BCUT2D eigenvalue weighted by Gasteiger charge is -2.29. The molecule has 0 bridgehead atoms. The predicted molar refractivity (Wildman–Crippen MR) is 241 cm³/mol. The lowest BCUT2D eigenvalue weighted by molar-refractivity contribution is 1.29. The van der Waals surface area contributed by atoms with Crippen LogP contribution in [0.3, 0.4) is 0 Å². The third-order valence-electron chi connectivity index (χ3n) is 10.7. The summed E-state index contributed by atoms with van der Waals surface area (Å²) in [7, 11) is 0. The monoisotopic (exact) mass is 731 g/mol. The molecule has 2 heteroatoms. The Hall–Kier alpha value is -7.00. The minimum Gasteiger partial charge on any atom is -0.310 e. The highest BCUT2D eigenvalue weighted by Crippen LogP contribution is 2.47. The zero-order chi connectivity index (χ0) is 37.3. The number of hydrogen-bond acceptors (Lipinski definition) is 2. The first-order chi connectivity index (χ1) is 27.8. The van der Waals surface area contributed by atoms with Crippen molar-refractivity contribution in [2.24, 2.45) is 0 Å². The second kappa shape index (κ2) is 14.7. The summed E-state index contributed by atoms with van der Waals surface area (Å²) in [4.78, 5) is 2.44. The fourth-order valence-electron chi connectivity index (χ4n) is 8.11. The van der Waals surface area contributed by atoms with Crippen LogP contribution in [0.25, 0.3) is 75.8 Å². The smallest absolute Gasteiger partial charge is 0.0540 e. The van der Waals surface area contributed by atoms with Crippen LogP contribution in [0, 0.1) is 0 Å². The van der Waals surface area contributed by atoms with Gasteiger partial charge in [0.1, 0.15) is 0 Å². The molecule has 1 aromatic heterocycles. The second-order valence-electron chi connectivity index (χ2n) is 14.0. The highest BCUT2D eigenvalue weighted by Gasteiger charge is 2.21. The van der Waals surface area contributed by atoms with Gasteiger partial charge in [0.2, 0.25) is 0 Å². The highest BCUT2D eigenvalue weighted by atomic mass is 32.1. The molecule has 10 aromatic rings. The van der Waals surface area contributed by atoms with Gasteiger partial charge in [-0.05, 0) is 92.5 Å². The fourth-order valence-corrected chi connectivity index (χ4v) is 9.20. The molecule has 9 aromatic carbocycles. The van der Waals surface area contributed by atoms with Gasteiger partial charge in [-0.2, -0.15) is 0 Å². The minimum atomic E-state index is 1.10. The molecule has 0 saturated carbocycles. The third kappa shape index (κ3) is 6.17. The van der Waals surface area contributed by atoms with Crippen LogP contribution in [0.2, 0.25) is 0 Å². The summed E-state index contributed by atoms with van der Waals surface area (Å²) in [5.74, 6) is 0. The van der Waals surface area contributed by atoms with Gasteiger partial charge in [-0.15, -0.1) is 11.3 Å². The van der Waals surface area contributed by atoms with Crippen molar-refractivity contribution < 1.29 is 0 Å². The van der Waals surface area contributed by atoms with Crippen LogP contribution in [-0.4, -0.2) is 0 Å². The van der Waals surface area contributed by atoms with E-state index >= 15 is 0 Å². The Morgan fingerprint density at radius 2 is 0.679 bits per heavy atom. The Morgan fingerprint density at radius 3 is 1.30 bits per heavy atom. The first kappa shape index (κ1) is 33.6. The summed E-state index contributed by atoms with van der Waals surface area (Å²) < 4.78 is 2.60. The van der Waals surface area contributed by atoms with E-state index in [9.17, 15) is 0 Å². The molecule has 0 fully saturated rings. The molecule has 0 aliphatic rings. The van der Waals surface area contributed by atoms with Crippen molar-refractivity contribution in [1.29, 1.82) is 0 Å². The van der Waals surface area contributed by atoms with Crippen LogP contribution in [0.5, 0.6) is 0 Å². The molecule has 0 atom stereocenters. The van der Waals surface area contributed by atoms with E-state index < -0.39 is 0 Å². The molecule has 1 nitrogen and oxygen atoms in total. The molecular weight excluding hydrogens is 695 g/mol. The maximum Gasteiger partial charge on any atom is 0.0540 e. The molecule has 0 aliphatic carbocycles. The van der Waals surface area contributed by atoms with E-state index in [1.165, 1.54) is 75.8 Å². The Kier molecular flexibility index (Phi) is 8.79. The zero-order valence-electron chi connectivity index (χ0n) is 30.7. The number of fused-ring (bicyclic) bond motifs is 3. The van der Waals surface area contributed by atoms with E-state index in [1.807, 2.05) is 11.3 Å². The van der Waals surface area contributed by atoms with Gasteiger partial charge < -0.3 is 4.90 Å². The van der Waals surface area contributed by atoms with Crippen LogP contribution in [0.15, 0.2) is 224 Å². The quantitative estimate of drug-likeness (QED) is 0.150. The first-order valence-electron chi connectivity index (χ1n) is 19.1. The molecule has 264 valence electrons. The number of anilines is 3. The van der Waals surface area contributed by atoms with Crippen LogP contribution < -0.4 is 4.90 Å². The fraction of sp³-hybridized carbons (Fsp3) is 0. The van der Waals surface area contributed by atoms with E-state index in [0.29, 0.717) is 0 Å². The second-order valence-corrected chi connectivity index (χ2v) is 15.1. The number of benzene rings is 9. The average Bonchev–Trinajstić information content (AvgIpc) is 3.66. The number of hydrogen-bond donors (Lipinski definition) is 0. The molecule has 0 N–H and O–H groups in total. The Bertz CT molecular complexity index is 2960. The average molecular weight is 732 g/mol. The molecule has 1 heterocycles. The van der Waals surface area contributed by atoms with E-state index in [0.717, 1.165) is 17.1 Å². The molecule has 0 aliphatic heterocycles. The number of nitrogens with zero attached hydrogens (tertiary/aromatic N) is 1. The first-order valence-corrected chi connectivity index (χ1v) is 19.9. The summed E-state index contributed by atoms with van der Waals surface area (Å²) in [6, 6.07) is 81.3.